The van der Waals surface area contributed by atoms with Crippen LogP contribution in [-0.2, 0) is 42.8 Å². The van der Waals surface area contributed by atoms with Crippen LogP contribution in [0.5, 0.6) is 0 Å². The van der Waals surface area contributed by atoms with E-state index in [9.17, 15) is 14.4 Å². The first-order valence-electron chi connectivity index (χ1n) is 7.19. The van der Waals surface area contributed by atoms with Crippen molar-refractivity contribution in [2.24, 2.45) is 0 Å². The quantitative estimate of drug-likeness (QED) is 0.489. The molecule has 0 aromatic carbocycles. The van der Waals surface area contributed by atoms with Crippen molar-refractivity contribution in [3.63, 3.8) is 0 Å². The Balaban J connectivity index is 2.24. The van der Waals surface area contributed by atoms with Crippen LogP contribution in [0.2, 0.25) is 0 Å². The molecule has 0 saturated carbocycles. The topological polar surface area (TPSA) is 107 Å². The fraction of sp³-hybridized carbons (Fsp3) is 0.786. The molecule has 0 N–H and O–H groups in total. The summed E-state index contributed by atoms with van der Waals surface area (Å²) in [4.78, 5) is 33.4. The van der Waals surface area contributed by atoms with Gasteiger partial charge in [0.25, 0.3) is 0 Å². The van der Waals surface area contributed by atoms with Gasteiger partial charge in [-0.05, 0) is 0 Å². The van der Waals surface area contributed by atoms with Gasteiger partial charge in [0, 0.05) is 21.0 Å². The molecule has 0 aliphatic carbocycles. The number of esters is 2. The van der Waals surface area contributed by atoms with Crippen LogP contribution in [0.25, 0.3) is 0 Å². The van der Waals surface area contributed by atoms with Crippen LogP contribution in [0, 0.1) is 0 Å². The van der Waals surface area contributed by atoms with Crippen LogP contribution >= 0.6 is 0 Å². The van der Waals surface area contributed by atoms with E-state index in [1.165, 1.54) is 21.0 Å². The van der Waals surface area contributed by atoms with Gasteiger partial charge in [-0.2, -0.15) is 0 Å². The van der Waals surface area contributed by atoms with Crippen LogP contribution in [-0.4, -0.2) is 68.9 Å². The zero-order chi connectivity index (χ0) is 17.0. The molecule has 9 heteroatoms. The van der Waals surface area contributed by atoms with Crippen molar-refractivity contribution in [1.82, 2.24) is 0 Å². The largest absolute Gasteiger partial charge is 0.455 e. The number of carbonyl (C=O) groups excluding carboxylic acids is 3. The highest BCUT2D eigenvalue weighted by molar-refractivity contribution is 5.67. The Morgan fingerprint density at radius 1 is 1.13 bits per heavy atom. The molecule has 6 atom stereocenters. The Bertz CT molecular complexity index is 452. The van der Waals surface area contributed by atoms with Crippen LogP contribution in [0.1, 0.15) is 20.3 Å². The average Bonchev–Trinajstić information content (AvgIpc) is 2.49. The maximum absolute atomic E-state index is 11.4. The summed E-state index contributed by atoms with van der Waals surface area (Å²) >= 11 is 0. The fourth-order valence-electron chi connectivity index (χ4n) is 2.63. The van der Waals surface area contributed by atoms with E-state index in [4.69, 9.17) is 28.4 Å². The van der Waals surface area contributed by atoms with Crippen molar-refractivity contribution in [3.8, 4) is 0 Å². The lowest BCUT2D eigenvalue weighted by Crippen LogP contribution is -2.65. The first kappa shape index (κ1) is 17.8. The Morgan fingerprint density at radius 2 is 1.78 bits per heavy atom. The number of ether oxygens (including phenoxy) is 6. The lowest BCUT2D eigenvalue weighted by Gasteiger charge is -2.47. The van der Waals surface area contributed by atoms with Crippen molar-refractivity contribution in [2.75, 3.05) is 13.7 Å². The van der Waals surface area contributed by atoms with Crippen LogP contribution in [0.4, 0.5) is 0 Å². The number of fused-ring (bicyclic) bond motifs is 1. The Labute approximate surface area is 133 Å². The third kappa shape index (κ3) is 4.25. The highest BCUT2D eigenvalue weighted by Gasteiger charge is 2.53. The van der Waals surface area contributed by atoms with Gasteiger partial charge in [0.2, 0.25) is 0 Å². The minimum Gasteiger partial charge on any atom is -0.455 e. The van der Waals surface area contributed by atoms with Gasteiger partial charge in [-0.3, -0.25) is 9.59 Å². The van der Waals surface area contributed by atoms with Crippen LogP contribution in [0.3, 0.4) is 0 Å². The van der Waals surface area contributed by atoms with Gasteiger partial charge >= 0.3 is 11.9 Å². The van der Waals surface area contributed by atoms with E-state index in [-0.39, 0.29) is 13.0 Å². The average molecular weight is 332 g/mol. The number of rotatable bonds is 5. The zero-order valence-corrected chi connectivity index (χ0v) is 13.1. The number of aldehydes is 1. The number of hydrogen-bond acceptors (Lipinski definition) is 9. The van der Waals surface area contributed by atoms with E-state index in [1.807, 2.05) is 0 Å². The van der Waals surface area contributed by atoms with Crippen LogP contribution < -0.4 is 0 Å². The van der Waals surface area contributed by atoms with Gasteiger partial charge < -0.3 is 33.2 Å². The predicted molar refractivity (Wildman–Crippen MR) is 72.1 cm³/mol. The summed E-state index contributed by atoms with van der Waals surface area (Å²) < 4.78 is 32.3. The molecule has 0 amide bonds. The molecule has 2 rings (SSSR count). The zero-order valence-electron chi connectivity index (χ0n) is 13.1. The summed E-state index contributed by atoms with van der Waals surface area (Å²) in [5.41, 5.74) is 0. The highest BCUT2D eigenvalue weighted by Crippen LogP contribution is 2.32. The molecule has 2 aliphatic heterocycles. The maximum atomic E-state index is 11.4. The molecular weight excluding hydrogens is 312 g/mol. The maximum Gasteiger partial charge on any atom is 0.303 e. The molecule has 2 aliphatic rings. The summed E-state index contributed by atoms with van der Waals surface area (Å²) in [6.45, 7) is 2.59. The lowest BCUT2D eigenvalue weighted by atomic mass is 9.97. The first-order valence-corrected chi connectivity index (χ1v) is 7.19. The monoisotopic (exact) mass is 332 g/mol. The van der Waals surface area contributed by atoms with E-state index >= 15 is 0 Å². The fourth-order valence-corrected chi connectivity index (χ4v) is 2.63. The Morgan fingerprint density at radius 3 is 2.35 bits per heavy atom. The summed E-state index contributed by atoms with van der Waals surface area (Å²) in [5, 5.41) is 0. The van der Waals surface area contributed by atoms with Crippen molar-refractivity contribution < 1.29 is 42.8 Å². The highest BCUT2D eigenvalue weighted by atomic mass is 16.8. The van der Waals surface area contributed by atoms with Crippen LogP contribution in [0.15, 0.2) is 0 Å². The van der Waals surface area contributed by atoms with Crippen molar-refractivity contribution in [2.45, 2.75) is 57.3 Å². The third-order valence-corrected chi connectivity index (χ3v) is 3.47. The smallest absolute Gasteiger partial charge is 0.303 e. The van der Waals surface area contributed by atoms with E-state index in [0.29, 0.717) is 6.29 Å². The van der Waals surface area contributed by atoms with Gasteiger partial charge in [-0.1, -0.05) is 0 Å². The molecule has 0 aromatic heterocycles. The molecule has 9 nitrogen and oxygen atoms in total. The van der Waals surface area contributed by atoms with Gasteiger partial charge in [-0.25, -0.2) is 0 Å². The molecule has 2 heterocycles. The minimum absolute atomic E-state index is 0.0297. The molecule has 1 unspecified atom stereocenters. The van der Waals surface area contributed by atoms with E-state index in [1.54, 1.807) is 0 Å². The molecular formula is C14H20O9. The molecule has 0 spiro atoms. The van der Waals surface area contributed by atoms with E-state index in [0.717, 1.165) is 0 Å². The molecule has 0 radical (unpaired) electrons. The lowest BCUT2D eigenvalue weighted by molar-refractivity contribution is -0.355. The van der Waals surface area contributed by atoms with Gasteiger partial charge in [0.1, 0.15) is 18.5 Å². The van der Waals surface area contributed by atoms with Crippen molar-refractivity contribution >= 4 is 18.2 Å². The number of carbonyl (C=O) groups is 3. The first-order chi connectivity index (χ1) is 11.0. The van der Waals surface area contributed by atoms with Crippen molar-refractivity contribution in [3.05, 3.63) is 0 Å². The summed E-state index contributed by atoms with van der Waals surface area (Å²) in [5.74, 6) is -1.14. The standard InChI is InChI=1S/C14H20O9/c1-7(16)20-12-11-9(6-19-10(23-11)4-5-15)22-14(18-3)13(12)21-8(2)17/h5,9-14H,4,6H2,1-3H3/t9-,10?,11-,12+,13-,14+/m1/s1. The summed E-state index contributed by atoms with van der Waals surface area (Å²) in [7, 11) is 1.38. The minimum atomic E-state index is -0.988. The summed E-state index contributed by atoms with van der Waals surface area (Å²) in [6, 6.07) is 0. The predicted octanol–water partition coefficient (Wildman–Crippen LogP) is -0.448. The third-order valence-electron chi connectivity index (χ3n) is 3.47. The molecule has 2 fully saturated rings. The van der Waals surface area contributed by atoms with Crippen molar-refractivity contribution in [1.29, 1.82) is 0 Å². The Kier molecular flexibility index (Phi) is 6.05. The molecule has 0 bridgehead atoms. The number of methoxy groups -OCH3 is 1. The molecule has 0 aromatic rings. The van der Waals surface area contributed by atoms with E-state index in [2.05, 4.69) is 0 Å². The number of hydrogen-bond donors (Lipinski definition) is 0. The van der Waals surface area contributed by atoms with Gasteiger partial charge in [0.15, 0.2) is 24.8 Å². The summed E-state index contributed by atoms with van der Waals surface area (Å²) in [6.07, 6.45) is -4.26. The van der Waals surface area contributed by atoms with Gasteiger partial charge in [0.05, 0.1) is 13.0 Å². The Hall–Kier alpha value is -1.55. The molecule has 130 valence electrons. The SMILES string of the molecule is CO[C@H]1O[C@@H]2COC(CC=O)O[C@H]2[C@H](OC(C)=O)[C@H]1OC(C)=O. The second-order valence-corrected chi connectivity index (χ2v) is 5.19. The second-order valence-electron chi connectivity index (χ2n) is 5.19. The second kappa shape index (κ2) is 7.82. The molecule has 2 saturated heterocycles. The normalized spacial score (nSPS) is 36.7. The van der Waals surface area contributed by atoms with E-state index < -0.39 is 48.9 Å². The molecule has 23 heavy (non-hydrogen) atoms. The van der Waals surface area contributed by atoms with Gasteiger partial charge in [-0.15, -0.1) is 0 Å².